The first-order chi connectivity index (χ1) is 11.7. The molecule has 1 fully saturated rings. The Morgan fingerprint density at radius 1 is 1.54 bits per heavy atom. The van der Waals surface area contributed by atoms with Crippen LogP contribution in [-0.2, 0) is 6.42 Å². The summed E-state index contributed by atoms with van der Waals surface area (Å²) in [5.74, 6) is 0.408. The van der Waals surface area contributed by atoms with Crippen molar-refractivity contribution < 1.29 is 13.9 Å². The molecule has 1 amide bonds. The first-order valence-corrected chi connectivity index (χ1v) is 8.55. The zero-order chi connectivity index (χ0) is 17.4. The van der Waals surface area contributed by atoms with E-state index >= 15 is 0 Å². The minimum atomic E-state index is -0.353. The van der Waals surface area contributed by atoms with Crippen molar-refractivity contribution in [1.82, 2.24) is 10.2 Å². The molecular weight excluding hydrogens is 306 g/mol. The van der Waals surface area contributed by atoms with E-state index in [1.165, 1.54) is 0 Å². The lowest BCUT2D eigenvalue weighted by Gasteiger charge is -2.23. The van der Waals surface area contributed by atoms with E-state index < -0.39 is 0 Å². The highest BCUT2D eigenvalue weighted by atomic mass is 18.2. The Bertz CT molecular complexity index is 562. The molecule has 1 aromatic rings. The van der Waals surface area contributed by atoms with Crippen molar-refractivity contribution in [3.63, 3.8) is 0 Å². The first kappa shape index (κ1) is 18.5. The van der Waals surface area contributed by atoms with Gasteiger partial charge in [0.25, 0.3) is 5.91 Å². The van der Waals surface area contributed by atoms with Gasteiger partial charge in [-0.05, 0) is 49.9 Å². The topological polar surface area (TPSA) is 41.6 Å². The van der Waals surface area contributed by atoms with Gasteiger partial charge < -0.3 is 10.1 Å². The van der Waals surface area contributed by atoms with E-state index in [1.54, 1.807) is 19.2 Å². The molecule has 0 unspecified atom stereocenters. The Kier molecular flexibility index (Phi) is 7.25. The van der Waals surface area contributed by atoms with E-state index in [9.17, 15) is 9.18 Å². The molecule has 1 saturated heterocycles. The molecule has 1 aliphatic heterocycles. The predicted molar refractivity (Wildman–Crippen MR) is 94.4 cm³/mol. The summed E-state index contributed by atoms with van der Waals surface area (Å²) in [6, 6.07) is 5.82. The number of carbonyl (C=O) groups is 1. The normalized spacial score (nSPS) is 17.7. The van der Waals surface area contributed by atoms with E-state index in [4.69, 9.17) is 4.74 Å². The van der Waals surface area contributed by atoms with Crippen LogP contribution in [0.5, 0.6) is 5.75 Å². The van der Waals surface area contributed by atoms with E-state index in [0.717, 1.165) is 31.5 Å². The Hall–Kier alpha value is -1.88. The molecule has 0 aromatic heterocycles. The summed E-state index contributed by atoms with van der Waals surface area (Å²) >= 11 is 0. The number of likely N-dealkylation sites (tertiary alicyclic amines) is 1. The fourth-order valence-electron chi connectivity index (χ4n) is 3.20. The van der Waals surface area contributed by atoms with Crippen LogP contribution >= 0.6 is 0 Å². The zero-order valence-corrected chi connectivity index (χ0v) is 14.4. The minimum Gasteiger partial charge on any atom is -0.496 e. The number of rotatable bonds is 9. The number of aryl methyl sites for hydroxylation is 1. The van der Waals surface area contributed by atoms with Gasteiger partial charge in [-0.3, -0.25) is 14.1 Å². The van der Waals surface area contributed by atoms with Gasteiger partial charge in [0.05, 0.1) is 19.3 Å². The maximum Gasteiger partial charge on any atom is 0.255 e. The third-order valence-electron chi connectivity index (χ3n) is 4.47. The molecule has 0 aliphatic carbocycles. The number of benzene rings is 1. The second-order valence-electron chi connectivity index (χ2n) is 6.12. The van der Waals surface area contributed by atoms with Crippen LogP contribution in [0, 0.1) is 0 Å². The van der Waals surface area contributed by atoms with Crippen molar-refractivity contribution in [2.75, 3.05) is 33.4 Å². The van der Waals surface area contributed by atoms with Gasteiger partial charge in [0.2, 0.25) is 0 Å². The number of hydrogen-bond acceptors (Lipinski definition) is 3. The number of nitrogens with zero attached hydrogens (tertiary/aromatic N) is 1. The highest BCUT2D eigenvalue weighted by Crippen LogP contribution is 2.21. The number of alkyl halides is 1. The smallest absolute Gasteiger partial charge is 0.255 e. The maximum atomic E-state index is 12.6. The standard InChI is InChI=1S/C19H27FN2O2/c1-3-11-22-12-5-7-16(22)14-21-19(23)17-13-15(6-4-10-20)8-9-18(17)24-2/h3,8-9,13,16H,1,4-7,10-12,14H2,2H3,(H,21,23)/t16-/m0/s1/i20-1. The Morgan fingerprint density at radius 2 is 2.38 bits per heavy atom. The summed E-state index contributed by atoms with van der Waals surface area (Å²) < 4.78 is 17.7. The van der Waals surface area contributed by atoms with Crippen LogP contribution in [0.4, 0.5) is 4.39 Å². The highest BCUT2D eigenvalue weighted by molar-refractivity contribution is 5.97. The average Bonchev–Trinajstić information content (AvgIpc) is 3.05. The van der Waals surface area contributed by atoms with Gasteiger partial charge >= 0.3 is 0 Å². The van der Waals surface area contributed by atoms with Crippen molar-refractivity contribution in [2.24, 2.45) is 0 Å². The maximum absolute atomic E-state index is 12.6. The second-order valence-corrected chi connectivity index (χ2v) is 6.12. The molecule has 2 rings (SSSR count). The summed E-state index contributed by atoms with van der Waals surface area (Å²) in [7, 11) is 1.55. The van der Waals surface area contributed by atoms with Crippen molar-refractivity contribution in [3.05, 3.63) is 42.0 Å². The zero-order valence-electron chi connectivity index (χ0n) is 14.4. The van der Waals surface area contributed by atoms with Gasteiger partial charge in [0.1, 0.15) is 5.75 Å². The van der Waals surface area contributed by atoms with Crippen LogP contribution in [0.25, 0.3) is 0 Å². The Morgan fingerprint density at radius 3 is 3.08 bits per heavy atom. The SMILES string of the molecule is C=CCN1CCC[C@H]1CNC(=O)c1cc(CCC[18F])ccc1OC. The van der Waals surface area contributed by atoms with Crippen molar-refractivity contribution in [2.45, 2.75) is 31.7 Å². The van der Waals surface area contributed by atoms with Crippen molar-refractivity contribution in [1.29, 1.82) is 0 Å². The summed E-state index contributed by atoms with van der Waals surface area (Å²) in [5, 5.41) is 3.02. The summed E-state index contributed by atoms with van der Waals surface area (Å²) in [6.45, 7) is 5.95. The van der Waals surface area contributed by atoms with E-state index in [1.807, 2.05) is 12.1 Å². The van der Waals surface area contributed by atoms with Crippen LogP contribution in [0.2, 0.25) is 0 Å². The molecule has 4 nitrogen and oxygen atoms in total. The number of methoxy groups -OCH3 is 1. The summed E-state index contributed by atoms with van der Waals surface area (Å²) in [4.78, 5) is 14.9. The number of halogens is 1. The number of carbonyl (C=O) groups excluding carboxylic acids is 1. The van der Waals surface area contributed by atoms with Crippen molar-refractivity contribution in [3.8, 4) is 5.75 Å². The monoisotopic (exact) mass is 333 g/mol. The van der Waals surface area contributed by atoms with Gasteiger partial charge in [-0.2, -0.15) is 0 Å². The third kappa shape index (κ3) is 4.81. The lowest BCUT2D eigenvalue weighted by molar-refractivity contribution is 0.0939. The number of amides is 1. The molecule has 5 heteroatoms. The van der Waals surface area contributed by atoms with Gasteiger partial charge in [-0.1, -0.05) is 12.1 Å². The molecule has 0 spiro atoms. The quantitative estimate of drug-likeness (QED) is 0.707. The Balaban J connectivity index is 2.01. The summed E-state index contributed by atoms with van der Waals surface area (Å²) in [5.41, 5.74) is 1.47. The molecule has 1 aromatic carbocycles. The van der Waals surface area contributed by atoms with Crippen LogP contribution in [0.15, 0.2) is 30.9 Å². The molecule has 1 N–H and O–H groups in total. The second kappa shape index (κ2) is 9.42. The van der Waals surface area contributed by atoms with Gasteiger partial charge in [-0.25, -0.2) is 0 Å². The summed E-state index contributed by atoms with van der Waals surface area (Å²) in [6.07, 6.45) is 5.22. The molecule has 0 radical (unpaired) electrons. The first-order valence-electron chi connectivity index (χ1n) is 8.55. The molecule has 1 atom stereocenters. The number of ether oxygens (including phenoxy) is 1. The molecule has 1 aliphatic rings. The average molecular weight is 333 g/mol. The van der Waals surface area contributed by atoms with Crippen LogP contribution < -0.4 is 10.1 Å². The minimum absolute atomic E-state index is 0.139. The van der Waals surface area contributed by atoms with E-state index in [2.05, 4.69) is 16.8 Å². The van der Waals surface area contributed by atoms with Crippen LogP contribution in [-0.4, -0.2) is 50.3 Å². The lowest BCUT2D eigenvalue weighted by Crippen LogP contribution is -2.40. The Labute approximate surface area is 143 Å². The molecule has 132 valence electrons. The third-order valence-corrected chi connectivity index (χ3v) is 4.47. The van der Waals surface area contributed by atoms with Gasteiger partial charge in [0, 0.05) is 19.1 Å². The lowest BCUT2D eigenvalue weighted by atomic mass is 10.0. The van der Waals surface area contributed by atoms with E-state index in [-0.39, 0.29) is 12.6 Å². The highest BCUT2D eigenvalue weighted by Gasteiger charge is 2.24. The molecular formula is C19H27FN2O2. The molecule has 24 heavy (non-hydrogen) atoms. The fraction of sp³-hybridized carbons (Fsp3) is 0.526. The number of hydrogen-bond donors (Lipinski definition) is 1. The van der Waals surface area contributed by atoms with Crippen LogP contribution in [0.3, 0.4) is 0 Å². The largest absolute Gasteiger partial charge is 0.496 e. The molecule has 0 bridgehead atoms. The van der Waals surface area contributed by atoms with Gasteiger partial charge in [0.15, 0.2) is 0 Å². The fourth-order valence-corrected chi connectivity index (χ4v) is 3.20. The van der Waals surface area contributed by atoms with Crippen molar-refractivity contribution >= 4 is 5.91 Å². The number of nitrogens with one attached hydrogen (secondary N) is 1. The predicted octanol–water partition coefficient (Wildman–Crippen LogP) is 2.98. The molecule has 0 saturated carbocycles. The van der Waals surface area contributed by atoms with Gasteiger partial charge in [-0.15, -0.1) is 6.58 Å². The van der Waals surface area contributed by atoms with Crippen LogP contribution in [0.1, 0.15) is 35.2 Å². The molecule has 1 heterocycles. The van der Waals surface area contributed by atoms with E-state index in [0.29, 0.717) is 36.7 Å².